The number of aliphatic hydroxyl groups excluding tert-OH is 1. The minimum atomic E-state index is -0.718. The second-order valence-electron chi connectivity index (χ2n) is 4.75. The Labute approximate surface area is 113 Å². The van der Waals surface area contributed by atoms with Gasteiger partial charge in [0.05, 0.1) is 13.4 Å². The molecule has 0 amide bonds. The summed E-state index contributed by atoms with van der Waals surface area (Å²) in [4.78, 5) is 0. The average molecular weight is 260 g/mol. The van der Waals surface area contributed by atoms with Crippen molar-refractivity contribution in [2.45, 2.75) is 33.3 Å². The zero-order valence-electron chi connectivity index (χ0n) is 11.9. The van der Waals surface area contributed by atoms with E-state index in [2.05, 4.69) is 0 Å². The zero-order valence-corrected chi connectivity index (χ0v) is 11.9. The minimum absolute atomic E-state index is 0.716. The molecule has 2 aromatic rings. The quantitative estimate of drug-likeness (QED) is 0.914. The van der Waals surface area contributed by atoms with Gasteiger partial charge in [-0.05, 0) is 37.1 Å². The van der Waals surface area contributed by atoms with Crippen molar-refractivity contribution in [1.82, 2.24) is 0 Å². The van der Waals surface area contributed by atoms with E-state index in [0.29, 0.717) is 5.75 Å². The summed E-state index contributed by atoms with van der Waals surface area (Å²) in [6.07, 6.45) is 1.66. The summed E-state index contributed by atoms with van der Waals surface area (Å²) in [5.74, 6) is 1.53. The molecule has 0 bridgehead atoms. The van der Waals surface area contributed by atoms with Gasteiger partial charge < -0.3 is 14.3 Å². The second kappa shape index (κ2) is 5.49. The maximum atomic E-state index is 10.6. The lowest BCUT2D eigenvalue weighted by molar-refractivity contribution is 0.211. The third kappa shape index (κ3) is 2.51. The number of hydrogen-bond acceptors (Lipinski definition) is 3. The van der Waals surface area contributed by atoms with Gasteiger partial charge in [0.2, 0.25) is 0 Å². The molecule has 0 aliphatic carbocycles. The summed E-state index contributed by atoms with van der Waals surface area (Å²) in [6, 6.07) is 5.81. The van der Waals surface area contributed by atoms with Gasteiger partial charge >= 0.3 is 0 Å². The molecule has 1 heterocycles. The molecular formula is C16H20O3. The molecule has 0 saturated heterocycles. The number of methoxy groups -OCH3 is 1. The number of furan rings is 1. The van der Waals surface area contributed by atoms with Crippen molar-refractivity contribution in [2.75, 3.05) is 7.11 Å². The monoisotopic (exact) mass is 260 g/mol. The van der Waals surface area contributed by atoms with Crippen LogP contribution in [0.5, 0.6) is 5.75 Å². The first-order valence-electron chi connectivity index (χ1n) is 6.48. The molecule has 2 rings (SSSR count). The van der Waals surface area contributed by atoms with Crippen molar-refractivity contribution in [3.8, 4) is 5.75 Å². The van der Waals surface area contributed by atoms with Crippen LogP contribution in [-0.2, 0) is 6.42 Å². The molecule has 102 valence electrons. The summed E-state index contributed by atoms with van der Waals surface area (Å²) in [5, 5.41) is 10.6. The van der Waals surface area contributed by atoms with E-state index in [1.165, 1.54) is 0 Å². The van der Waals surface area contributed by atoms with Gasteiger partial charge in [0.1, 0.15) is 17.6 Å². The molecule has 0 spiro atoms. The molecule has 1 atom stereocenters. The highest BCUT2D eigenvalue weighted by molar-refractivity contribution is 5.48. The van der Waals surface area contributed by atoms with Gasteiger partial charge in [0.25, 0.3) is 0 Å². The summed E-state index contributed by atoms with van der Waals surface area (Å²) >= 11 is 0. The van der Waals surface area contributed by atoms with Gasteiger partial charge in [-0.1, -0.05) is 13.0 Å². The lowest BCUT2D eigenvalue weighted by Gasteiger charge is -2.18. The highest BCUT2D eigenvalue weighted by Gasteiger charge is 2.22. The molecule has 1 aromatic carbocycles. The topological polar surface area (TPSA) is 42.6 Å². The molecule has 19 heavy (non-hydrogen) atoms. The first kappa shape index (κ1) is 13.7. The normalized spacial score (nSPS) is 12.5. The van der Waals surface area contributed by atoms with Crippen LogP contribution < -0.4 is 4.74 Å². The molecule has 1 aromatic heterocycles. The fourth-order valence-corrected chi connectivity index (χ4v) is 2.50. The van der Waals surface area contributed by atoms with Gasteiger partial charge in [-0.15, -0.1) is 0 Å². The standard InChI is InChI=1S/C16H20O3/c1-5-13-12(6-7-19-13)16(17)15-11(3)8-10(2)9-14(15)18-4/h6-9,16-17H,5H2,1-4H3. The number of rotatable bonds is 4. The van der Waals surface area contributed by atoms with Gasteiger partial charge in [-0.3, -0.25) is 0 Å². The Bertz CT molecular complexity index is 569. The van der Waals surface area contributed by atoms with Crippen LogP contribution in [-0.4, -0.2) is 12.2 Å². The smallest absolute Gasteiger partial charge is 0.125 e. The van der Waals surface area contributed by atoms with Crippen molar-refractivity contribution >= 4 is 0 Å². The lowest BCUT2D eigenvalue weighted by atomic mass is 9.94. The SMILES string of the molecule is CCc1occc1C(O)c1c(C)cc(C)cc1OC. The molecule has 0 aliphatic heterocycles. The fourth-order valence-electron chi connectivity index (χ4n) is 2.50. The Morgan fingerprint density at radius 1 is 1.32 bits per heavy atom. The van der Waals surface area contributed by atoms with Crippen molar-refractivity contribution < 1.29 is 14.3 Å². The van der Waals surface area contributed by atoms with Gasteiger partial charge in [0, 0.05) is 17.5 Å². The number of hydrogen-bond donors (Lipinski definition) is 1. The molecular weight excluding hydrogens is 240 g/mol. The Hall–Kier alpha value is -1.74. The summed E-state index contributed by atoms with van der Waals surface area (Å²) < 4.78 is 10.8. The summed E-state index contributed by atoms with van der Waals surface area (Å²) in [6.45, 7) is 6.01. The van der Waals surface area contributed by atoms with Crippen LogP contribution in [0.4, 0.5) is 0 Å². The molecule has 3 nitrogen and oxygen atoms in total. The van der Waals surface area contributed by atoms with E-state index in [4.69, 9.17) is 9.15 Å². The van der Waals surface area contributed by atoms with Crippen LogP contribution in [0.2, 0.25) is 0 Å². The average Bonchev–Trinajstić information content (AvgIpc) is 2.85. The van der Waals surface area contributed by atoms with Crippen LogP contribution >= 0.6 is 0 Å². The van der Waals surface area contributed by atoms with Crippen LogP contribution in [0.15, 0.2) is 28.9 Å². The summed E-state index contributed by atoms with van der Waals surface area (Å²) in [5.41, 5.74) is 3.76. The van der Waals surface area contributed by atoms with E-state index in [1.807, 2.05) is 39.0 Å². The lowest BCUT2D eigenvalue weighted by Crippen LogP contribution is -2.06. The highest BCUT2D eigenvalue weighted by Crippen LogP contribution is 2.35. The van der Waals surface area contributed by atoms with E-state index >= 15 is 0 Å². The maximum absolute atomic E-state index is 10.6. The number of aryl methyl sites for hydroxylation is 3. The molecule has 1 unspecified atom stereocenters. The predicted octanol–water partition coefficient (Wildman–Crippen LogP) is 3.55. The zero-order chi connectivity index (χ0) is 14.0. The Balaban J connectivity index is 2.52. The van der Waals surface area contributed by atoms with Crippen LogP contribution in [0.3, 0.4) is 0 Å². The molecule has 0 radical (unpaired) electrons. The first-order chi connectivity index (χ1) is 9.08. The van der Waals surface area contributed by atoms with E-state index in [-0.39, 0.29) is 0 Å². The number of benzene rings is 1. The van der Waals surface area contributed by atoms with Gasteiger partial charge in [0.15, 0.2) is 0 Å². The van der Waals surface area contributed by atoms with E-state index in [9.17, 15) is 5.11 Å². The maximum Gasteiger partial charge on any atom is 0.125 e. The second-order valence-corrected chi connectivity index (χ2v) is 4.75. The van der Waals surface area contributed by atoms with Crippen LogP contribution in [0, 0.1) is 13.8 Å². The van der Waals surface area contributed by atoms with E-state index < -0.39 is 6.10 Å². The van der Waals surface area contributed by atoms with Crippen LogP contribution in [0.1, 0.15) is 41.0 Å². The predicted molar refractivity (Wildman–Crippen MR) is 74.6 cm³/mol. The minimum Gasteiger partial charge on any atom is -0.496 e. The van der Waals surface area contributed by atoms with Crippen molar-refractivity contribution in [2.24, 2.45) is 0 Å². The molecule has 0 aliphatic rings. The van der Waals surface area contributed by atoms with Gasteiger partial charge in [-0.25, -0.2) is 0 Å². The first-order valence-corrected chi connectivity index (χ1v) is 6.48. The third-order valence-corrected chi connectivity index (χ3v) is 3.38. The van der Waals surface area contributed by atoms with Crippen LogP contribution in [0.25, 0.3) is 0 Å². The van der Waals surface area contributed by atoms with Gasteiger partial charge in [-0.2, -0.15) is 0 Å². The Kier molecular flexibility index (Phi) is 3.96. The number of ether oxygens (including phenoxy) is 1. The number of aliphatic hydroxyl groups is 1. The molecule has 0 saturated carbocycles. The van der Waals surface area contributed by atoms with E-state index in [0.717, 1.165) is 34.4 Å². The Morgan fingerprint density at radius 2 is 2.05 bits per heavy atom. The van der Waals surface area contributed by atoms with Crippen molar-refractivity contribution in [3.05, 3.63) is 52.5 Å². The fraction of sp³-hybridized carbons (Fsp3) is 0.375. The van der Waals surface area contributed by atoms with Crippen molar-refractivity contribution in [3.63, 3.8) is 0 Å². The van der Waals surface area contributed by atoms with Crippen molar-refractivity contribution in [1.29, 1.82) is 0 Å². The Morgan fingerprint density at radius 3 is 2.68 bits per heavy atom. The molecule has 1 N–H and O–H groups in total. The third-order valence-electron chi connectivity index (χ3n) is 3.38. The molecule has 0 fully saturated rings. The largest absolute Gasteiger partial charge is 0.496 e. The molecule has 3 heteroatoms. The highest BCUT2D eigenvalue weighted by atomic mass is 16.5. The van der Waals surface area contributed by atoms with E-state index in [1.54, 1.807) is 13.4 Å². The summed E-state index contributed by atoms with van der Waals surface area (Å²) in [7, 11) is 1.63.